The maximum Gasteiger partial charge on any atom is 0.162 e. The average molecular weight is 359 g/mol. The van der Waals surface area contributed by atoms with Crippen molar-refractivity contribution in [3.63, 3.8) is 0 Å². The van der Waals surface area contributed by atoms with Crippen LogP contribution in [0.5, 0.6) is 0 Å². The molecule has 2 aliphatic heterocycles. The van der Waals surface area contributed by atoms with Crippen LogP contribution in [0.15, 0.2) is 53.0 Å². The van der Waals surface area contributed by atoms with Gasteiger partial charge in [0.1, 0.15) is 11.7 Å². The van der Waals surface area contributed by atoms with Crippen molar-refractivity contribution in [2.24, 2.45) is 11.8 Å². The largest absolute Gasteiger partial charge is 0.357 e. The number of Topliss-reactive ketones (excluding diaryl/α,β-unsaturated/α-hetero) is 2. The number of carbonyl (C=O) groups is 2. The van der Waals surface area contributed by atoms with Gasteiger partial charge < -0.3 is 4.74 Å². The molecule has 4 atom stereocenters. The summed E-state index contributed by atoms with van der Waals surface area (Å²) < 4.78 is 7.26. The molecule has 2 heterocycles. The third-order valence-electron chi connectivity index (χ3n) is 4.93. The van der Waals surface area contributed by atoms with Crippen molar-refractivity contribution in [3.8, 4) is 0 Å². The first-order valence-electron chi connectivity index (χ1n) is 7.47. The molecule has 1 aromatic rings. The Kier molecular flexibility index (Phi) is 3.20. The minimum absolute atomic E-state index is 0.0380. The molecule has 1 aliphatic carbocycles. The fourth-order valence-corrected chi connectivity index (χ4v) is 4.08. The van der Waals surface area contributed by atoms with Gasteiger partial charge in [0, 0.05) is 10.9 Å². The van der Waals surface area contributed by atoms with Crippen LogP contribution in [-0.2, 0) is 19.9 Å². The molecular formula is C18H15BrO3. The molecule has 4 heteroatoms. The van der Waals surface area contributed by atoms with Gasteiger partial charge in [0.2, 0.25) is 0 Å². The van der Waals surface area contributed by atoms with Crippen LogP contribution in [0.3, 0.4) is 0 Å². The number of halogens is 1. The first kappa shape index (κ1) is 14.1. The number of fused-ring (bicyclic) bond motifs is 6. The Hall–Kier alpha value is -1.52. The maximum atomic E-state index is 12.9. The minimum Gasteiger partial charge on any atom is -0.357 e. The SMILES string of the molecule is O=C1CCC2(c3ccc(Br)cc3)OC1C1C=CC=CC2C1=O. The fourth-order valence-electron chi connectivity index (χ4n) is 3.82. The highest BCUT2D eigenvalue weighted by atomic mass is 79.9. The second-order valence-electron chi connectivity index (χ2n) is 6.08. The van der Waals surface area contributed by atoms with Crippen LogP contribution in [-0.4, -0.2) is 17.7 Å². The Morgan fingerprint density at radius 3 is 2.59 bits per heavy atom. The third-order valence-corrected chi connectivity index (χ3v) is 5.46. The van der Waals surface area contributed by atoms with E-state index in [9.17, 15) is 9.59 Å². The molecule has 3 nitrogen and oxygen atoms in total. The van der Waals surface area contributed by atoms with E-state index in [0.29, 0.717) is 12.8 Å². The predicted molar refractivity (Wildman–Crippen MR) is 85.2 cm³/mol. The summed E-state index contributed by atoms with van der Waals surface area (Å²) in [7, 11) is 0. The molecule has 2 fully saturated rings. The summed E-state index contributed by atoms with van der Waals surface area (Å²) in [5.41, 5.74) is 0.256. The normalized spacial score (nSPS) is 36.3. The summed E-state index contributed by atoms with van der Waals surface area (Å²) in [5, 5.41) is 0. The van der Waals surface area contributed by atoms with Crippen LogP contribution in [0.4, 0.5) is 0 Å². The molecule has 112 valence electrons. The molecule has 0 N–H and O–H groups in total. The second-order valence-corrected chi connectivity index (χ2v) is 6.99. The van der Waals surface area contributed by atoms with Gasteiger partial charge in [0.25, 0.3) is 0 Å². The molecule has 0 spiro atoms. The number of benzene rings is 1. The summed E-state index contributed by atoms with van der Waals surface area (Å²) in [5.74, 6) is -0.650. The Balaban J connectivity index is 1.88. The molecule has 4 bridgehead atoms. The molecule has 0 radical (unpaired) electrons. The third kappa shape index (κ3) is 1.90. The van der Waals surface area contributed by atoms with E-state index in [0.717, 1.165) is 10.0 Å². The van der Waals surface area contributed by atoms with E-state index >= 15 is 0 Å². The van der Waals surface area contributed by atoms with Crippen molar-refractivity contribution in [3.05, 3.63) is 58.6 Å². The molecule has 0 saturated carbocycles. The topological polar surface area (TPSA) is 43.4 Å². The quantitative estimate of drug-likeness (QED) is 0.773. The summed E-state index contributed by atoms with van der Waals surface area (Å²) in [6, 6.07) is 7.87. The first-order valence-corrected chi connectivity index (χ1v) is 8.26. The molecule has 3 aliphatic rings. The lowest BCUT2D eigenvalue weighted by Gasteiger charge is -2.50. The summed E-state index contributed by atoms with van der Waals surface area (Å²) >= 11 is 3.44. The van der Waals surface area contributed by atoms with Crippen LogP contribution in [0, 0.1) is 11.8 Å². The molecule has 4 unspecified atom stereocenters. The van der Waals surface area contributed by atoms with E-state index < -0.39 is 17.6 Å². The van der Waals surface area contributed by atoms with Crippen molar-refractivity contribution in [2.75, 3.05) is 0 Å². The van der Waals surface area contributed by atoms with Crippen molar-refractivity contribution >= 4 is 27.5 Å². The van der Waals surface area contributed by atoms with E-state index in [1.54, 1.807) is 6.08 Å². The molecular weight excluding hydrogens is 344 g/mol. The zero-order chi connectivity index (χ0) is 15.3. The van der Waals surface area contributed by atoms with E-state index in [-0.39, 0.29) is 17.5 Å². The van der Waals surface area contributed by atoms with Crippen molar-refractivity contribution in [1.82, 2.24) is 0 Å². The second kappa shape index (κ2) is 5.00. The van der Waals surface area contributed by atoms with E-state index in [4.69, 9.17) is 4.74 Å². The van der Waals surface area contributed by atoms with Gasteiger partial charge in [-0.25, -0.2) is 0 Å². The minimum atomic E-state index is -0.713. The Labute approximate surface area is 137 Å². The number of ketones is 2. The number of hydrogen-bond donors (Lipinski definition) is 0. The standard InChI is InChI=1S/C18H15BrO3/c19-12-7-5-11(6-8-12)18-10-9-15(20)17(22-18)13-3-1-2-4-14(18)16(13)21/h1-8,13-14,17H,9-10H2. The van der Waals surface area contributed by atoms with Crippen LogP contribution < -0.4 is 0 Å². The van der Waals surface area contributed by atoms with Gasteiger partial charge in [-0.2, -0.15) is 0 Å². The van der Waals surface area contributed by atoms with Crippen molar-refractivity contribution in [2.45, 2.75) is 24.5 Å². The smallest absolute Gasteiger partial charge is 0.162 e. The van der Waals surface area contributed by atoms with E-state index in [1.165, 1.54) is 0 Å². The van der Waals surface area contributed by atoms with Gasteiger partial charge in [0.15, 0.2) is 11.6 Å². The highest BCUT2D eigenvalue weighted by molar-refractivity contribution is 9.10. The Bertz CT molecular complexity index is 704. The van der Waals surface area contributed by atoms with Gasteiger partial charge in [-0.15, -0.1) is 0 Å². The number of ether oxygens (including phenoxy) is 1. The highest BCUT2D eigenvalue weighted by Gasteiger charge is 2.57. The lowest BCUT2D eigenvalue weighted by molar-refractivity contribution is -0.201. The van der Waals surface area contributed by atoms with E-state index in [2.05, 4.69) is 15.9 Å². The number of carbonyl (C=O) groups excluding carboxylic acids is 2. The molecule has 1 aromatic carbocycles. The summed E-state index contributed by atoms with van der Waals surface area (Å²) in [4.78, 5) is 25.1. The van der Waals surface area contributed by atoms with Gasteiger partial charge >= 0.3 is 0 Å². The van der Waals surface area contributed by atoms with Gasteiger partial charge in [-0.1, -0.05) is 52.4 Å². The molecule has 0 amide bonds. The Morgan fingerprint density at radius 2 is 1.82 bits per heavy atom. The van der Waals surface area contributed by atoms with E-state index in [1.807, 2.05) is 42.5 Å². The van der Waals surface area contributed by atoms with Gasteiger partial charge in [-0.3, -0.25) is 9.59 Å². The average Bonchev–Trinajstić information content (AvgIpc) is 2.67. The highest BCUT2D eigenvalue weighted by Crippen LogP contribution is 2.50. The zero-order valence-electron chi connectivity index (χ0n) is 11.9. The van der Waals surface area contributed by atoms with Crippen LogP contribution in [0.1, 0.15) is 18.4 Å². The summed E-state index contributed by atoms with van der Waals surface area (Å²) in [6.45, 7) is 0. The van der Waals surface area contributed by atoms with Crippen molar-refractivity contribution < 1.29 is 14.3 Å². The van der Waals surface area contributed by atoms with Crippen molar-refractivity contribution in [1.29, 1.82) is 0 Å². The van der Waals surface area contributed by atoms with Gasteiger partial charge in [-0.05, 0) is 24.1 Å². The van der Waals surface area contributed by atoms with Crippen LogP contribution >= 0.6 is 15.9 Å². The van der Waals surface area contributed by atoms with Gasteiger partial charge in [0.05, 0.1) is 11.8 Å². The number of allylic oxidation sites excluding steroid dienone is 2. The number of hydrogen-bond acceptors (Lipinski definition) is 3. The van der Waals surface area contributed by atoms with Crippen LogP contribution in [0.25, 0.3) is 0 Å². The fraction of sp³-hybridized carbons (Fsp3) is 0.333. The molecule has 2 saturated heterocycles. The first-order chi connectivity index (χ1) is 10.6. The molecule has 22 heavy (non-hydrogen) atoms. The lowest BCUT2D eigenvalue weighted by atomic mass is 9.66. The predicted octanol–water partition coefficient (Wildman–Crippen LogP) is 3.33. The molecule has 4 rings (SSSR count). The van der Waals surface area contributed by atoms with Crippen LogP contribution in [0.2, 0.25) is 0 Å². The molecule has 0 aromatic heterocycles. The zero-order valence-corrected chi connectivity index (χ0v) is 13.5. The Morgan fingerprint density at radius 1 is 1.09 bits per heavy atom. The maximum absolute atomic E-state index is 12.9. The lowest BCUT2D eigenvalue weighted by Crippen LogP contribution is -2.59. The monoisotopic (exact) mass is 358 g/mol. The summed E-state index contributed by atoms with van der Waals surface area (Å²) in [6.07, 6.45) is 7.86. The number of rotatable bonds is 1.